The van der Waals surface area contributed by atoms with Crippen LogP contribution < -0.4 is 5.73 Å². The number of rotatable bonds is 4. The molecule has 2 amide bonds. The summed E-state index contributed by atoms with van der Waals surface area (Å²) in [4.78, 5) is 35.8. The molecule has 1 aromatic rings. The van der Waals surface area contributed by atoms with Crippen LogP contribution in [0.2, 0.25) is 0 Å². The molecule has 0 aromatic heterocycles. The van der Waals surface area contributed by atoms with Crippen molar-refractivity contribution in [3.8, 4) is 0 Å². The lowest BCUT2D eigenvalue weighted by Crippen LogP contribution is -2.40. The van der Waals surface area contributed by atoms with Crippen LogP contribution in [0.4, 0.5) is 0 Å². The van der Waals surface area contributed by atoms with Gasteiger partial charge in [-0.15, -0.1) is 0 Å². The van der Waals surface area contributed by atoms with Crippen molar-refractivity contribution >= 4 is 17.8 Å². The molecule has 1 fully saturated rings. The summed E-state index contributed by atoms with van der Waals surface area (Å²) in [6.45, 7) is 1.09. The normalized spacial score (nSPS) is 18.3. The van der Waals surface area contributed by atoms with E-state index in [0.717, 1.165) is 12.8 Å². The zero-order valence-electron chi connectivity index (χ0n) is 11.6. The molecule has 1 atom stereocenters. The molecule has 0 bridgehead atoms. The van der Waals surface area contributed by atoms with Crippen molar-refractivity contribution in [1.29, 1.82) is 0 Å². The molecule has 6 nitrogen and oxygen atoms in total. The number of amides is 2. The van der Waals surface area contributed by atoms with Gasteiger partial charge in [0.1, 0.15) is 0 Å². The molecule has 112 valence electrons. The molecule has 6 heteroatoms. The van der Waals surface area contributed by atoms with Gasteiger partial charge in [0, 0.05) is 30.6 Å². The summed E-state index contributed by atoms with van der Waals surface area (Å²) in [5.74, 6) is -1.50. The zero-order chi connectivity index (χ0) is 15.4. The molecular formula is C15H18N2O4. The highest BCUT2D eigenvalue weighted by Gasteiger charge is 2.25. The Labute approximate surface area is 122 Å². The maximum atomic E-state index is 12.4. The first-order valence-corrected chi connectivity index (χ1v) is 6.88. The standard InChI is InChI=1S/C15H18N2O4/c16-14(20)11-3-5-12(6-4-11)15(21)17-7-1-2-10(9-17)8-13(18)19/h3-6,10H,1-2,7-9H2,(H2,16,20)(H,18,19). The number of carboxylic acids is 1. The van der Waals surface area contributed by atoms with E-state index in [1.165, 1.54) is 12.1 Å². The molecule has 0 spiro atoms. The summed E-state index contributed by atoms with van der Waals surface area (Å²) in [7, 11) is 0. The average Bonchev–Trinajstić information content (AvgIpc) is 2.46. The molecule has 0 aliphatic carbocycles. The molecule has 1 aromatic carbocycles. The van der Waals surface area contributed by atoms with E-state index < -0.39 is 11.9 Å². The fraction of sp³-hybridized carbons (Fsp3) is 0.400. The van der Waals surface area contributed by atoms with E-state index in [1.807, 2.05) is 0 Å². The van der Waals surface area contributed by atoms with Gasteiger partial charge in [0.15, 0.2) is 0 Å². The van der Waals surface area contributed by atoms with Gasteiger partial charge in [-0.25, -0.2) is 0 Å². The summed E-state index contributed by atoms with van der Waals surface area (Å²) in [6, 6.07) is 6.19. The number of hydrogen-bond donors (Lipinski definition) is 2. The number of carbonyl (C=O) groups is 3. The Hall–Kier alpha value is -2.37. The molecular weight excluding hydrogens is 272 g/mol. The lowest BCUT2D eigenvalue weighted by Gasteiger charge is -2.32. The maximum Gasteiger partial charge on any atom is 0.303 e. The van der Waals surface area contributed by atoms with Crippen LogP contribution in [0.25, 0.3) is 0 Å². The number of nitrogens with zero attached hydrogens (tertiary/aromatic N) is 1. The van der Waals surface area contributed by atoms with Gasteiger partial charge in [0.25, 0.3) is 5.91 Å². The average molecular weight is 290 g/mol. The lowest BCUT2D eigenvalue weighted by atomic mass is 9.94. The molecule has 1 heterocycles. The van der Waals surface area contributed by atoms with Crippen LogP contribution in [0.3, 0.4) is 0 Å². The van der Waals surface area contributed by atoms with E-state index in [0.29, 0.717) is 24.2 Å². The van der Waals surface area contributed by atoms with E-state index in [4.69, 9.17) is 10.8 Å². The number of aliphatic carboxylic acids is 1. The highest BCUT2D eigenvalue weighted by Crippen LogP contribution is 2.21. The number of likely N-dealkylation sites (tertiary alicyclic amines) is 1. The second-order valence-electron chi connectivity index (χ2n) is 5.30. The third kappa shape index (κ3) is 3.81. The van der Waals surface area contributed by atoms with Crippen molar-refractivity contribution in [2.45, 2.75) is 19.3 Å². The van der Waals surface area contributed by atoms with Gasteiger partial charge in [-0.05, 0) is 43.0 Å². The summed E-state index contributed by atoms with van der Waals surface area (Å²) >= 11 is 0. The van der Waals surface area contributed by atoms with Crippen LogP contribution in [-0.4, -0.2) is 40.9 Å². The highest BCUT2D eigenvalue weighted by molar-refractivity contribution is 5.97. The van der Waals surface area contributed by atoms with Crippen LogP contribution in [0.1, 0.15) is 40.0 Å². The Morgan fingerprint density at radius 2 is 1.81 bits per heavy atom. The van der Waals surface area contributed by atoms with E-state index in [1.54, 1.807) is 17.0 Å². The minimum atomic E-state index is -0.833. The second kappa shape index (κ2) is 6.39. The molecule has 21 heavy (non-hydrogen) atoms. The minimum absolute atomic E-state index is 0.00472. The third-order valence-electron chi connectivity index (χ3n) is 3.69. The van der Waals surface area contributed by atoms with E-state index in [2.05, 4.69) is 0 Å². The van der Waals surface area contributed by atoms with Crippen LogP contribution in [0, 0.1) is 5.92 Å². The van der Waals surface area contributed by atoms with Crippen LogP contribution in [-0.2, 0) is 4.79 Å². The van der Waals surface area contributed by atoms with Crippen LogP contribution >= 0.6 is 0 Å². The molecule has 0 radical (unpaired) electrons. The fourth-order valence-electron chi connectivity index (χ4n) is 2.62. The largest absolute Gasteiger partial charge is 0.481 e. The Morgan fingerprint density at radius 3 is 2.38 bits per heavy atom. The quantitative estimate of drug-likeness (QED) is 0.867. The van der Waals surface area contributed by atoms with Crippen molar-refractivity contribution in [3.05, 3.63) is 35.4 Å². The van der Waals surface area contributed by atoms with Gasteiger partial charge in [-0.2, -0.15) is 0 Å². The van der Waals surface area contributed by atoms with Crippen molar-refractivity contribution in [1.82, 2.24) is 4.90 Å². The Kier molecular flexibility index (Phi) is 4.57. The van der Waals surface area contributed by atoms with Gasteiger partial charge in [0.05, 0.1) is 0 Å². The van der Waals surface area contributed by atoms with E-state index in [9.17, 15) is 14.4 Å². The van der Waals surface area contributed by atoms with Gasteiger partial charge >= 0.3 is 5.97 Å². The molecule has 2 rings (SSSR count). The van der Waals surface area contributed by atoms with Gasteiger partial charge in [-0.1, -0.05) is 0 Å². The molecule has 1 unspecified atom stereocenters. The Bertz CT molecular complexity index is 553. The lowest BCUT2D eigenvalue weighted by molar-refractivity contribution is -0.138. The van der Waals surface area contributed by atoms with Crippen molar-refractivity contribution in [3.63, 3.8) is 0 Å². The summed E-state index contributed by atoms with van der Waals surface area (Å²) < 4.78 is 0. The van der Waals surface area contributed by atoms with Crippen molar-refractivity contribution in [2.24, 2.45) is 11.7 Å². The van der Waals surface area contributed by atoms with Crippen molar-refractivity contribution in [2.75, 3.05) is 13.1 Å². The number of benzene rings is 1. The van der Waals surface area contributed by atoms with Crippen LogP contribution in [0.5, 0.6) is 0 Å². The Balaban J connectivity index is 2.04. The fourth-order valence-corrected chi connectivity index (χ4v) is 2.62. The number of primary amides is 1. The summed E-state index contributed by atoms with van der Waals surface area (Å²) in [5.41, 5.74) is 6.00. The summed E-state index contributed by atoms with van der Waals surface area (Å²) in [5, 5.41) is 8.84. The zero-order valence-corrected chi connectivity index (χ0v) is 11.6. The number of nitrogens with two attached hydrogens (primary N) is 1. The van der Waals surface area contributed by atoms with Gasteiger partial charge in [-0.3, -0.25) is 14.4 Å². The van der Waals surface area contributed by atoms with Gasteiger partial charge < -0.3 is 15.7 Å². The second-order valence-corrected chi connectivity index (χ2v) is 5.30. The molecule has 1 saturated heterocycles. The predicted molar refractivity (Wildman–Crippen MR) is 75.8 cm³/mol. The van der Waals surface area contributed by atoms with Gasteiger partial charge in [0.2, 0.25) is 5.91 Å². The SMILES string of the molecule is NC(=O)c1ccc(C(=O)N2CCCC(CC(=O)O)C2)cc1. The minimum Gasteiger partial charge on any atom is -0.481 e. The molecule has 0 saturated carbocycles. The highest BCUT2D eigenvalue weighted by atomic mass is 16.4. The number of hydrogen-bond acceptors (Lipinski definition) is 3. The summed E-state index contributed by atoms with van der Waals surface area (Å²) in [6.07, 6.45) is 1.73. The Morgan fingerprint density at radius 1 is 1.19 bits per heavy atom. The number of carbonyl (C=O) groups excluding carboxylic acids is 2. The number of carboxylic acid groups (broad SMARTS) is 1. The third-order valence-corrected chi connectivity index (χ3v) is 3.69. The maximum absolute atomic E-state index is 12.4. The molecule has 3 N–H and O–H groups in total. The molecule has 1 aliphatic heterocycles. The van der Waals surface area contributed by atoms with Crippen molar-refractivity contribution < 1.29 is 19.5 Å². The molecule has 1 aliphatic rings. The first kappa shape index (κ1) is 15.0. The topological polar surface area (TPSA) is 101 Å². The number of piperidine rings is 1. The van der Waals surface area contributed by atoms with E-state index >= 15 is 0 Å². The first-order chi connectivity index (χ1) is 9.97. The predicted octanol–water partition coefficient (Wildman–Crippen LogP) is 1.11. The van der Waals surface area contributed by atoms with Crippen LogP contribution in [0.15, 0.2) is 24.3 Å². The monoisotopic (exact) mass is 290 g/mol. The smallest absolute Gasteiger partial charge is 0.303 e. The first-order valence-electron chi connectivity index (χ1n) is 6.88. The van der Waals surface area contributed by atoms with E-state index in [-0.39, 0.29) is 18.2 Å².